The molecule has 0 saturated heterocycles. The molecule has 5 saturated carbocycles. The van der Waals surface area contributed by atoms with Gasteiger partial charge in [-0.15, -0.1) is 0 Å². The summed E-state index contributed by atoms with van der Waals surface area (Å²) in [6.07, 6.45) is 18.2. The van der Waals surface area contributed by atoms with Crippen molar-refractivity contribution in [3.8, 4) is 0 Å². The average molecular weight is 389 g/mol. The Balaban J connectivity index is 1.25. The van der Waals surface area contributed by atoms with Crippen LogP contribution in [0, 0.1) is 46.3 Å². The molecule has 5 rings (SSSR count). The SMILES string of the molecule is CC12CCC(O)CC1CC[C@@H]1C2CCC2(C)C1CC[C@@H]2CCCC(O)C1CC1. The molecule has 28 heavy (non-hydrogen) atoms. The van der Waals surface area contributed by atoms with E-state index in [2.05, 4.69) is 13.8 Å². The largest absolute Gasteiger partial charge is 0.393 e. The molecule has 0 aliphatic heterocycles. The van der Waals surface area contributed by atoms with Gasteiger partial charge in [-0.2, -0.15) is 0 Å². The van der Waals surface area contributed by atoms with Gasteiger partial charge in [0.1, 0.15) is 0 Å². The lowest BCUT2D eigenvalue weighted by Crippen LogP contribution is -2.53. The second-order valence-electron chi connectivity index (χ2n) is 12.2. The van der Waals surface area contributed by atoms with Crippen LogP contribution in [0.4, 0.5) is 0 Å². The van der Waals surface area contributed by atoms with E-state index in [-0.39, 0.29) is 12.2 Å². The standard InChI is InChI=1S/C26H44O2/c1-25-15-13-23-21(10-8-19-16-20(27)12-14-26(19,23)2)22(25)11-9-18(25)4-3-5-24(28)17-6-7-17/h17-24,27-28H,3-16H2,1-2H3/t18-,19?,20?,21-,22?,23?,24?,25?,26?/m0/s1. The van der Waals surface area contributed by atoms with Crippen molar-refractivity contribution in [2.75, 3.05) is 0 Å². The molecule has 5 aliphatic rings. The summed E-state index contributed by atoms with van der Waals surface area (Å²) >= 11 is 0. The molecule has 0 spiro atoms. The van der Waals surface area contributed by atoms with Gasteiger partial charge in [0.2, 0.25) is 0 Å². The molecule has 2 heteroatoms. The van der Waals surface area contributed by atoms with Crippen molar-refractivity contribution in [2.24, 2.45) is 46.3 Å². The molecule has 0 aromatic rings. The Morgan fingerprint density at radius 2 is 1.61 bits per heavy atom. The van der Waals surface area contributed by atoms with E-state index in [0.29, 0.717) is 16.7 Å². The summed E-state index contributed by atoms with van der Waals surface area (Å²) in [5.41, 5.74) is 1.08. The van der Waals surface area contributed by atoms with Crippen LogP contribution in [0.2, 0.25) is 0 Å². The summed E-state index contributed by atoms with van der Waals surface area (Å²) in [5.74, 6) is 5.16. The van der Waals surface area contributed by atoms with Gasteiger partial charge in [-0.1, -0.05) is 20.3 Å². The predicted octanol–water partition coefficient (Wildman–Crippen LogP) is 5.95. The van der Waals surface area contributed by atoms with Crippen molar-refractivity contribution in [3.05, 3.63) is 0 Å². The van der Waals surface area contributed by atoms with Crippen molar-refractivity contribution in [1.29, 1.82) is 0 Å². The normalized spacial score (nSPS) is 51.9. The van der Waals surface area contributed by atoms with Crippen LogP contribution in [0.5, 0.6) is 0 Å². The molecule has 0 bridgehead atoms. The van der Waals surface area contributed by atoms with Crippen LogP contribution >= 0.6 is 0 Å². The lowest BCUT2D eigenvalue weighted by Gasteiger charge is -2.61. The van der Waals surface area contributed by atoms with Gasteiger partial charge < -0.3 is 10.2 Å². The van der Waals surface area contributed by atoms with Crippen molar-refractivity contribution >= 4 is 0 Å². The zero-order valence-corrected chi connectivity index (χ0v) is 18.4. The molecule has 0 aromatic carbocycles. The summed E-state index contributed by atoms with van der Waals surface area (Å²) < 4.78 is 0. The zero-order chi connectivity index (χ0) is 19.5. The van der Waals surface area contributed by atoms with Gasteiger partial charge in [0.15, 0.2) is 0 Å². The van der Waals surface area contributed by atoms with Crippen LogP contribution in [-0.2, 0) is 0 Å². The molecule has 2 N–H and O–H groups in total. The molecule has 0 aromatic heterocycles. The van der Waals surface area contributed by atoms with Gasteiger partial charge in [0.25, 0.3) is 0 Å². The van der Waals surface area contributed by atoms with Gasteiger partial charge in [-0.25, -0.2) is 0 Å². The summed E-state index contributed by atoms with van der Waals surface area (Å²) in [5, 5.41) is 20.5. The first kappa shape index (κ1) is 19.9. The Kier molecular flexibility index (Phi) is 5.15. The van der Waals surface area contributed by atoms with Crippen molar-refractivity contribution in [3.63, 3.8) is 0 Å². The molecule has 0 heterocycles. The molecule has 2 nitrogen and oxygen atoms in total. The third-order valence-corrected chi connectivity index (χ3v) is 11.1. The van der Waals surface area contributed by atoms with E-state index in [0.717, 1.165) is 48.9 Å². The van der Waals surface area contributed by atoms with Crippen molar-refractivity contribution in [1.82, 2.24) is 0 Å². The van der Waals surface area contributed by atoms with E-state index in [9.17, 15) is 10.2 Å². The highest BCUT2D eigenvalue weighted by atomic mass is 16.3. The van der Waals surface area contributed by atoms with E-state index in [1.807, 2.05) is 0 Å². The van der Waals surface area contributed by atoms with E-state index in [1.165, 1.54) is 70.6 Å². The topological polar surface area (TPSA) is 40.5 Å². The van der Waals surface area contributed by atoms with Crippen LogP contribution in [0.3, 0.4) is 0 Å². The molecule has 5 aliphatic carbocycles. The van der Waals surface area contributed by atoms with E-state index < -0.39 is 0 Å². The molecule has 0 amide bonds. The highest BCUT2D eigenvalue weighted by molar-refractivity contribution is 5.09. The maximum Gasteiger partial charge on any atom is 0.0568 e. The third-order valence-electron chi connectivity index (χ3n) is 11.1. The molecule has 9 atom stereocenters. The minimum Gasteiger partial charge on any atom is -0.393 e. The molecule has 160 valence electrons. The Hall–Kier alpha value is -0.0800. The molecular weight excluding hydrogens is 344 g/mol. The fraction of sp³-hybridized carbons (Fsp3) is 1.00. The van der Waals surface area contributed by atoms with E-state index in [1.54, 1.807) is 0 Å². The maximum absolute atomic E-state index is 10.3. The highest BCUT2D eigenvalue weighted by Gasteiger charge is 2.59. The monoisotopic (exact) mass is 388 g/mol. The minimum atomic E-state index is -0.0228. The number of hydrogen-bond acceptors (Lipinski definition) is 2. The summed E-state index contributed by atoms with van der Waals surface area (Å²) in [6, 6.07) is 0. The number of hydrogen-bond donors (Lipinski definition) is 2. The Labute approximate surface area is 172 Å². The van der Waals surface area contributed by atoms with Crippen LogP contribution < -0.4 is 0 Å². The smallest absolute Gasteiger partial charge is 0.0568 e. The minimum absolute atomic E-state index is 0.00220. The van der Waals surface area contributed by atoms with Crippen molar-refractivity contribution < 1.29 is 10.2 Å². The number of rotatable bonds is 5. The molecule has 7 unspecified atom stereocenters. The van der Waals surface area contributed by atoms with E-state index in [4.69, 9.17) is 0 Å². The summed E-state index contributed by atoms with van der Waals surface area (Å²) in [6.45, 7) is 5.26. The third kappa shape index (κ3) is 3.20. The molecular formula is C26H44O2. The van der Waals surface area contributed by atoms with Gasteiger partial charge in [0.05, 0.1) is 12.2 Å². The first-order valence-corrected chi connectivity index (χ1v) is 12.8. The lowest BCUT2D eigenvalue weighted by molar-refractivity contribution is -0.127. The predicted molar refractivity (Wildman–Crippen MR) is 114 cm³/mol. The first-order valence-electron chi connectivity index (χ1n) is 12.8. The number of aliphatic hydroxyl groups is 2. The second-order valence-corrected chi connectivity index (χ2v) is 12.2. The summed E-state index contributed by atoms with van der Waals surface area (Å²) in [7, 11) is 0. The van der Waals surface area contributed by atoms with Gasteiger partial charge in [-0.3, -0.25) is 0 Å². The zero-order valence-electron chi connectivity index (χ0n) is 18.4. The number of fused-ring (bicyclic) bond motifs is 5. The van der Waals surface area contributed by atoms with Gasteiger partial charge in [-0.05, 0) is 130 Å². The Bertz CT molecular complexity index is 571. The molecule has 5 fully saturated rings. The van der Waals surface area contributed by atoms with Crippen LogP contribution in [-0.4, -0.2) is 22.4 Å². The van der Waals surface area contributed by atoms with Gasteiger partial charge >= 0.3 is 0 Å². The first-order chi connectivity index (χ1) is 13.4. The van der Waals surface area contributed by atoms with Gasteiger partial charge in [0, 0.05) is 0 Å². The Morgan fingerprint density at radius 1 is 0.857 bits per heavy atom. The van der Waals surface area contributed by atoms with Crippen LogP contribution in [0.25, 0.3) is 0 Å². The summed E-state index contributed by atoms with van der Waals surface area (Å²) in [4.78, 5) is 0. The number of aliphatic hydroxyl groups excluding tert-OH is 2. The highest BCUT2D eigenvalue weighted by Crippen LogP contribution is 2.67. The fourth-order valence-electron chi connectivity index (χ4n) is 9.11. The van der Waals surface area contributed by atoms with Crippen molar-refractivity contribution in [2.45, 2.75) is 116 Å². The maximum atomic E-state index is 10.3. The molecule has 0 radical (unpaired) electrons. The fourth-order valence-corrected chi connectivity index (χ4v) is 9.11. The average Bonchev–Trinajstić information content (AvgIpc) is 3.46. The second kappa shape index (κ2) is 7.26. The lowest BCUT2D eigenvalue weighted by atomic mass is 9.44. The van der Waals surface area contributed by atoms with Crippen LogP contribution in [0.1, 0.15) is 104 Å². The Morgan fingerprint density at radius 3 is 2.39 bits per heavy atom. The van der Waals surface area contributed by atoms with E-state index >= 15 is 0 Å². The quantitative estimate of drug-likeness (QED) is 0.611. The van der Waals surface area contributed by atoms with Crippen LogP contribution in [0.15, 0.2) is 0 Å².